The van der Waals surface area contributed by atoms with Crippen molar-refractivity contribution in [3.05, 3.63) is 0 Å². The highest BCUT2D eigenvalue weighted by Gasteiger charge is 2.30. The van der Waals surface area contributed by atoms with Crippen LogP contribution < -0.4 is 0 Å². The summed E-state index contributed by atoms with van der Waals surface area (Å²) < 4.78 is 11.9. The van der Waals surface area contributed by atoms with Crippen LogP contribution in [0.5, 0.6) is 0 Å². The first kappa shape index (κ1) is 12.7. The van der Waals surface area contributed by atoms with Crippen molar-refractivity contribution in [2.75, 3.05) is 5.75 Å². The fraction of sp³-hybridized carbons (Fsp3) is 0.909. The molecule has 15 heavy (non-hydrogen) atoms. The molecule has 0 aliphatic heterocycles. The van der Waals surface area contributed by atoms with E-state index in [0.717, 1.165) is 12.8 Å². The van der Waals surface area contributed by atoms with Crippen LogP contribution in [0, 0.1) is 11.8 Å². The Morgan fingerprint density at radius 3 is 2.33 bits per heavy atom. The number of carbonyl (C=O) groups is 1. The van der Waals surface area contributed by atoms with E-state index >= 15 is 0 Å². The van der Waals surface area contributed by atoms with Gasteiger partial charge in [-0.15, -0.1) is 0 Å². The zero-order chi connectivity index (χ0) is 11.4. The monoisotopic (exact) mass is 232 g/mol. The molecule has 1 N–H and O–H groups in total. The smallest absolute Gasteiger partial charge is 0.319 e. The predicted octanol–water partition coefficient (Wildman–Crippen LogP) is 2.03. The van der Waals surface area contributed by atoms with E-state index in [2.05, 4.69) is 0 Å². The van der Waals surface area contributed by atoms with Gasteiger partial charge >= 0.3 is 5.97 Å². The van der Waals surface area contributed by atoms with Crippen LogP contribution in [-0.4, -0.2) is 26.3 Å². The van der Waals surface area contributed by atoms with Gasteiger partial charge in [-0.1, -0.05) is 26.7 Å². The van der Waals surface area contributed by atoms with Crippen molar-refractivity contribution in [2.45, 2.75) is 44.8 Å². The van der Waals surface area contributed by atoms with Crippen molar-refractivity contribution in [3.63, 3.8) is 0 Å². The van der Waals surface area contributed by atoms with E-state index in [1.54, 1.807) is 0 Å². The fourth-order valence-corrected chi connectivity index (χ4v) is 4.05. The number of carboxylic acid groups (broad SMARTS) is 1. The van der Waals surface area contributed by atoms with Gasteiger partial charge in [-0.2, -0.15) is 0 Å². The van der Waals surface area contributed by atoms with E-state index in [9.17, 15) is 9.00 Å². The summed E-state index contributed by atoms with van der Waals surface area (Å²) in [5.74, 6) is 0.104. The minimum Gasteiger partial charge on any atom is -0.480 e. The molecule has 1 aliphatic carbocycles. The van der Waals surface area contributed by atoms with Crippen LogP contribution >= 0.6 is 0 Å². The third-order valence-corrected chi connectivity index (χ3v) is 5.12. The first-order valence-electron chi connectivity index (χ1n) is 5.62. The van der Waals surface area contributed by atoms with Crippen LogP contribution in [0.4, 0.5) is 0 Å². The highest BCUT2D eigenvalue weighted by Crippen LogP contribution is 2.26. The van der Waals surface area contributed by atoms with Gasteiger partial charge in [0.15, 0.2) is 0 Å². The SMILES string of the molecule is CC(C)C(C(=O)O)S(=O)CC1CCCC1. The number of hydrogen-bond donors (Lipinski definition) is 1. The molecular weight excluding hydrogens is 212 g/mol. The number of aliphatic carboxylic acids is 1. The molecule has 2 atom stereocenters. The molecule has 0 bridgehead atoms. The molecule has 0 aromatic heterocycles. The molecule has 1 fully saturated rings. The molecule has 3 nitrogen and oxygen atoms in total. The maximum atomic E-state index is 11.9. The average Bonchev–Trinajstić information content (AvgIpc) is 2.54. The third kappa shape index (κ3) is 3.59. The van der Waals surface area contributed by atoms with Gasteiger partial charge in [-0.05, 0) is 24.7 Å². The molecule has 0 aromatic carbocycles. The molecule has 0 heterocycles. The highest BCUT2D eigenvalue weighted by atomic mass is 32.2. The maximum Gasteiger partial charge on any atom is 0.319 e. The minimum atomic E-state index is -1.21. The lowest BCUT2D eigenvalue weighted by Crippen LogP contribution is -2.33. The van der Waals surface area contributed by atoms with Crippen molar-refractivity contribution < 1.29 is 14.1 Å². The molecular formula is C11H20O3S. The van der Waals surface area contributed by atoms with Crippen molar-refractivity contribution in [1.29, 1.82) is 0 Å². The second-order valence-electron chi connectivity index (χ2n) is 4.70. The summed E-state index contributed by atoms with van der Waals surface area (Å²) in [4.78, 5) is 11.0. The van der Waals surface area contributed by atoms with E-state index < -0.39 is 22.0 Å². The Morgan fingerprint density at radius 1 is 1.40 bits per heavy atom. The van der Waals surface area contributed by atoms with Gasteiger partial charge in [-0.3, -0.25) is 9.00 Å². The summed E-state index contributed by atoms with van der Waals surface area (Å²) in [6.07, 6.45) is 4.66. The molecule has 2 unspecified atom stereocenters. The molecule has 1 rings (SSSR count). The molecule has 0 aromatic rings. The Morgan fingerprint density at radius 2 is 1.93 bits per heavy atom. The zero-order valence-corrected chi connectivity index (χ0v) is 10.3. The van der Waals surface area contributed by atoms with E-state index in [1.165, 1.54) is 12.8 Å². The van der Waals surface area contributed by atoms with Gasteiger partial charge < -0.3 is 5.11 Å². The largest absolute Gasteiger partial charge is 0.480 e. The second kappa shape index (κ2) is 5.64. The lowest BCUT2D eigenvalue weighted by Gasteiger charge is -2.17. The van der Waals surface area contributed by atoms with Gasteiger partial charge in [-0.25, -0.2) is 0 Å². The summed E-state index contributed by atoms with van der Waals surface area (Å²) >= 11 is 0. The molecule has 1 aliphatic rings. The first-order valence-corrected chi connectivity index (χ1v) is 7.00. The molecule has 88 valence electrons. The van der Waals surface area contributed by atoms with Gasteiger partial charge in [0.25, 0.3) is 0 Å². The van der Waals surface area contributed by atoms with Crippen LogP contribution in [0.25, 0.3) is 0 Å². The standard InChI is InChI=1S/C11H20O3S/c1-8(2)10(11(12)13)15(14)7-9-5-3-4-6-9/h8-10H,3-7H2,1-2H3,(H,12,13). The van der Waals surface area contributed by atoms with Crippen LogP contribution in [-0.2, 0) is 15.6 Å². The van der Waals surface area contributed by atoms with E-state index in [0.29, 0.717) is 11.7 Å². The summed E-state index contributed by atoms with van der Waals surface area (Å²) in [6, 6.07) is 0. The van der Waals surface area contributed by atoms with E-state index in [-0.39, 0.29) is 5.92 Å². The van der Waals surface area contributed by atoms with Gasteiger partial charge in [0.2, 0.25) is 0 Å². The van der Waals surface area contributed by atoms with Crippen molar-refractivity contribution in [2.24, 2.45) is 11.8 Å². The lowest BCUT2D eigenvalue weighted by atomic mass is 10.1. The second-order valence-corrected chi connectivity index (χ2v) is 6.30. The van der Waals surface area contributed by atoms with Crippen molar-refractivity contribution >= 4 is 16.8 Å². The molecule has 0 spiro atoms. The quantitative estimate of drug-likeness (QED) is 0.789. The molecule has 0 radical (unpaired) electrons. The molecule has 1 saturated carbocycles. The predicted molar refractivity (Wildman–Crippen MR) is 61.2 cm³/mol. The van der Waals surface area contributed by atoms with Crippen LogP contribution in [0.3, 0.4) is 0 Å². The van der Waals surface area contributed by atoms with E-state index in [1.807, 2.05) is 13.8 Å². The summed E-state index contributed by atoms with van der Waals surface area (Å²) in [7, 11) is -1.21. The van der Waals surface area contributed by atoms with Gasteiger partial charge in [0, 0.05) is 16.6 Å². The summed E-state index contributed by atoms with van der Waals surface area (Å²) in [5.41, 5.74) is 0. The van der Waals surface area contributed by atoms with Gasteiger partial charge in [0.1, 0.15) is 5.25 Å². The lowest BCUT2D eigenvalue weighted by molar-refractivity contribution is -0.137. The first-order chi connectivity index (χ1) is 7.02. The number of carboxylic acids is 1. The van der Waals surface area contributed by atoms with Crippen molar-refractivity contribution in [3.8, 4) is 0 Å². The fourth-order valence-electron chi connectivity index (χ4n) is 2.21. The maximum absolute atomic E-state index is 11.9. The zero-order valence-electron chi connectivity index (χ0n) is 9.44. The Labute approximate surface area is 93.7 Å². The molecule has 4 heteroatoms. The van der Waals surface area contributed by atoms with E-state index in [4.69, 9.17) is 5.11 Å². The Hall–Kier alpha value is -0.380. The van der Waals surface area contributed by atoms with Crippen LogP contribution in [0.15, 0.2) is 0 Å². The average molecular weight is 232 g/mol. The normalized spacial score (nSPS) is 21.8. The Bertz CT molecular complexity index is 244. The summed E-state index contributed by atoms with van der Waals surface area (Å²) in [5, 5.41) is 8.31. The van der Waals surface area contributed by atoms with Crippen molar-refractivity contribution in [1.82, 2.24) is 0 Å². The minimum absolute atomic E-state index is 0.0512. The van der Waals surface area contributed by atoms with Gasteiger partial charge in [0.05, 0.1) is 0 Å². The Balaban J connectivity index is 2.52. The Kier molecular flexibility index (Phi) is 4.77. The topological polar surface area (TPSA) is 54.4 Å². The number of rotatable bonds is 5. The number of hydrogen-bond acceptors (Lipinski definition) is 2. The van der Waals surface area contributed by atoms with Crippen LogP contribution in [0.1, 0.15) is 39.5 Å². The summed E-state index contributed by atoms with van der Waals surface area (Å²) in [6.45, 7) is 3.65. The molecule has 0 saturated heterocycles. The highest BCUT2D eigenvalue weighted by molar-refractivity contribution is 7.86. The third-order valence-electron chi connectivity index (χ3n) is 3.01. The molecule has 0 amide bonds. The van der Waals surface area contributed by atoms with Crippen LogP contribution in [0.2, 0.25) is 0 Å².